The van der Waals surface area contributed by atoms with E-state index in [-0.39, 0.29) is 17.7 Å². The highest BCUT2D eigenvalue weighted by atomic mass is 16.5. The maximum atomic E-state index is 9.95. The van der Waals surface area contributed by atoms with E-state index < -0.39 is 5.72 Å². The zero-order valence-corrected chi connectivity index (χ0v) is 8.79. The van der Waals surface area contributed by atoms with E-state index in [4.69, 9.17) is 4.74 Å². The topological polar surface area (TPSA) is 41.5 Å². The number of rotatable bonds is 0. The van der Waals surface area contributed by atoms with Crippen LogP contribution in [0.25, 0.3) is 0 Å². The highest BCUT2D eigenvalue weighted by Gasteiger charge is 2.54. The normalized spacial score (nSPS) is 53.8. The predicted molar refractivity (Wildman–Crippen MR) is 50.0 cm³/mol. The van der Waals surface area contributed by atoms with Gasteiger partial charge in [0.2, 0.25) is 0 Å². The molecule has 76 valence electrons. The fraction of sp³-hybridized carbons (Fsp3) is 1.00. The molecule has 2 N–H and O–H groups in total. The molecule has 3 nitrogen and oxygen atoms in total. The Labute approximate surface area is 79.5 Å². The standard InChI is InChI=1S/C10H19NO2/c1-6-7-5-9(2,3)13-8(7)11-10(6,4)12/h6-8,11-12H,5H2,1-4H3/t6-,7+,8+,10-/m0/s1. The Kier molecular flexibility index (Phi) is 1.79. The minimum Gasteiger partial charge on any atom is -0.376 e. The van der Waals surface area contributed by atoms with Crippen molar-refractivity contribution < 1.29 is 9.84 Å². The van der Waals surface area contributed by atoms with E-state index in [1.54, 1.807) is 0 Å². The molecule has 2 aliphatic heterocycles. The molecule has 0 saturated carbocycles. The average molecular weight is 185 g/mol. The molecule has 3 heteroatoms. The van der Waals surface area contributed by atoms with Gasteiger partial charge in [0, 0.05) is 11.8 Å². The summed E-state index contributed by atoms with van der Waals surface area (Å²) in [6.45, 7) is 8.12. The summed E-state index contributed by atoms with van der Waals surface area (Å²) in [5.41, 5.74) is -0.793. The second kappa shape index (κ2) is 2.47. The second-order valence-electron chi connectivity index (χ2n) is 5.25. The van der Waals surface area contributed by atoms with Crippen LogP contribution in [0, 0.1) is 11.8 Å². The summed E-state index contributed by atoms with van der Waals surface area (Å²) in [5, 5.41) is 13.1. The van der Waals surface area contributed by atoms with Crippen molar-refractivity contribution in [1.29, 1.82) is 0 Å². The first-order chi connectivity index (χ1) is 5.82. The van der Waals surface area contributed by atoms with Crippen LogP contribution in [0.1, 0.15) is 34.1 Å². The van der Waals surface area contributed by atoms with Gasteiger partial charge in [0.05, 0.1) is 5.60 Å². The quantitative estimate of drug-likeness (QED) is 0.593. The Balaban J connectivity index is 2.16. The van der Waals surface area contributed by atoms with Gasteiger partial charge in [-0.1, -0.05) is 6.92 Å². The molecular weight excluding hydrogens is 166 g/mol. The summed E-state index contributed by atoms with van der Waals surface area (Å²) in [5.74, 6) is 0.712. The van der Waals surface area contributed by atoms with Crippen LogP contribution in [0.3, 0.4) is 0 Å². The largest absolute Gasteiger partial charge is 0.376 e. The van der Waals surface area contributed by atoms with Crippen LogP contribution in [0.5, 0.6) is 0 Å². The summed E-state index contributed by atoms with van der Waals surface area (Å²) in [7, 11) is 0. The molecule has 0 unspecified atom stereocenters. The van der Waals surface area contributed by atoms with E-state index in [1.807, 2.05) is 6.92 Å². The third-order valence-electron chi connectivity index (χ3n) is 3.53. The zero-order valence-electron chi connectivity index (χ0n) is 8.79. The van der Waals surface area contributed by atoms with Crippen molar-refractivity contribution in [1.82, 2.24) is 5.32 Å². The number of fused-ring (bicyclic) bond motifs is 1. The zero-order chi connectivity index (χ0) is 9.85. The number of aliphatic hydroxyl groups is 1. The Morgan fingerprint density at radius 2 is 2.00 bits per heavy atom. The molecule has 0 bridgehead atoms. The van der Waals surface area contributed by atoms with Gasteiger partial charge >= 0.3 is 0 Å². The molecule has 2 rings (SSSR count). The maximum Gasteiger partial charge on any atom is 0.118 e. The molecule has 2 heterocycles. The molecule has 2 saturated heterocycles. The Morgan fingerprint density at radius 3 is 2.54 bits per heavy atom. The predicted octanol–water partition coefficient (Wildman–Crippen LogP) is 1.08. The van der Waals surface area contributed by atoms with Crippen LogP contribution in [0.4, 0.5) is 0 Å². The van der Waals surface area contributed by atoms with Gasteiger partial charge in [0.15, 0.2) is 0 Å². The van der Waals surface area contributed by atoms with E-state index >= 15 is 0 Å². The molecule has 4 atom stereocenters. The van der Waals surface area contributed by atoms with Crippen molar-refractivity contribution >= 4 is 0 Å². The molecule has 2 aliphatic rings. The monoisotopic (exact) mass is 185 g/mol. The van der Waals surface area contributed by atoms with Crippen molar-refractivity contribution in [2.24, 2.45) is 11.8 Å². The number of ether oxygens (including phenoxy) is 1. The summed E-state index contributed by atoms with van der Waals surface area (Å²) in [4.78, 5) is 0. The fourth-order valence-electron chi connectivity index (χ4n) is 2.57. The molecule has 13 heavy (non-hydrogen) atoms. The van der Waals surface area contributed by atoms with E-state index in [0.29, 0.717) is 5.92 Å². The van der Waals surface area contributed by atoms with Gasteiger partial charge in [-0.05, 0) is 27.2 Å². The van der Waals surface area contributed by atoms with Crippen molar-refractivity contribution in [3.8, 4) is 0 Å². The smallest absolute Gasteiger partial charge is 0.118 e. The molecule has 0 amide bonds. The molecule has 0 aromatic carbocycles. The lowest BCUT2D eigenvalue weighted by Crippen LogP contribution is -2.45. The first kappa shape index (κ1) is 9.44. The maximum absolute atomic E-state index is 9.95. The third kappa shape index (κ3) is 1.39. The van der Waals surface area contributed by atoms with Crippen LogP contribution >= 0.6 is 0 Å². The third-order valence-corrected chi connectivity index (χ3v) is 3.53. The van der Waals surface area contributed by atoms with Gasteiger partial charge in [-0.2, -0.15) is 0 Å². The number of hydrogen-bond donors (Lipinski definition) is 2. The van der Waals surface area contributed by atoms with Crippen molar-refractivity contribution in [2.75, 3.05) is 0 Å². The van der Waals surface area contributed by atoms with Crippen molar-refractivity contribution in [2.45, 2.75) is 51.7 Å². The molecular formula is C10H19NO2. The fourth-order valence-corrected chi connectivity index (χ4v) is 2.57. The van der Waals surface area contributed by atoms with Crippen LogP contribution in [-0.4, -0.2) is 22.7 Å². The lowest BCUT2D eigenvalue weighted by molar-refractivity contribution is -0.0697. The van der Waals surface area contributed by atoms with Gasteiger partial charge in [0.1, 0.15) is 12.0 Å². The lowest BCUT2D eigenvalue weighted by Gasteiger charge is -2.28. The number of hydrogen-bond acceptors (Lipinski definition) is 3. The SMILES string of the molecule is C[C@H]1[C@H]2CC(C)(C)O[C@H]2N[C@@]1(C)O. The molecule has 0 aromatic heterocycles. The first-order valence-corrected chi connectivity index (χ1v) is 5.00. The Hall–Kier alpha value is -0.120. The minimum absolute atomic E-state index is 0.0346. The van der Waals surface area contributed by atoms with Crippen LogP contribution < -0.4 is 5.32 Å². The lowest BCUT2D eigenvalue weighted by atomic mass is 9.85. The van der Waals surface area contributed by atoms with Gasteiger partial charge in [0.25, 0.3) is 0 Å². The van der Waals surface area contributed by atoms with Crippen LogP contribution in [-0.2, 0) is 4.74 Å². The minimum atomic E-state index is -0.758. The van der Waals surface area contributed by atoms with Crippen molar-refractivity contribution in [3.63, 3.8) is 0 Å². The molecule has 0 aromatic rings. The number of nitrogens with one attached hydrogen (secondary N) is 1. The first-order valence-electron chi connectivity index (χ1n) is 5.00. The van der Waals surface area contributed by atoms with E-state index in [1.165, 1.54) is 0 Å². The van der Waals surface area contributed by atoms with E-state index in [0.717, 1.165) is 6.42 Å². The molecule has 0 aliphatic carbocycles. The van der Waals surface area contributed by atoms with Gasteiger partial charge in [-0.25, -0.2) is 0 Å². The Morgan fingerprint density at radius 1 is 1.38 bits per heavy atom. The van der Waals surface area contributed by atoms with Crippen molar-refractivity contribution in [3.05, 3.63) is 0 Å². The summed E-state index contributed by atoms with van der Waals surface area (Å²) in [6.07, 6.45) is 1.07. The highest BCUT2D eigenvalue weighted by molar-refractivity contribution is 5.01. The average Bonchev–Trinajstić information content (AvgIpc) is 2.30. The summed E-state index contributed by atoms with van der Waals surface area (Å²) < 4.78 is 5.81. The molecule has 0 radical (unpaired) electrons. The van der Waals surface area contributed by atoms with Crippen LogP contribution in [0.15, 0.2) is 0 Å². The Bertz CT molecular complexity index is 225. The highest BCUT2D eigenvalue weighted by Crippen LogP contribution is 2.45. The van der Waals surface area contributed by atoms with Crippen LogP contribution in [0.2, 0.25) is 0 Å². The van der Waals surface area contributed by atoms with E-state index in [9.17, 15) is 5.11 Å². The van der Waals surface area contributed by atoms with E-state index in [2.05, 4.69) is 26.1 Å². The second-order valence-corrected chi connectivity index (χ2v) is 5.25. The van der Waals surface area contributed by atoms with Gasteiger partial charge in [-0.3, -0.25) is 5.32 Å². The molecule has 0 spiro atoms. The summed E-state index contributed by atoms with van der Waals surface area (Å²) >= 11 is 0. The molecule has 2 fully saturated rings. The van der Waals surface area contributed by atoms with Gasteiger partial charge < -0.3 is 9.84 Å². The summed E-state index contributed by atoms with van der Waals surface area (Å²) in [6, 6.07) is 0. The van der Waals surface area contributed by atoms with Gasteiger partial charge in [-0.15, -0.1) is 0 Å².